The van der Waals surface area contributed by atoms with E-state index in [0.29, 0.717) is 13.1 Å². The number of nitrogens with one attached hydrogen (secondary N) is 1. The number of aryl methyl sites for hydroxylation is 1. The number of rotatable bonds is 2. The molecule has 0 atom stereocenters. The number of hydrogen-bond donors (Lipinski definition) is 1. The van der Waals surface area contributed by atoms with Crippen molar-refractivity contribution in [3.05, 3.63) is 29.3 Å². The van der Waals surface area contributed by atoms with E-state index in [-0.39, 0.29) is 22.7 Å². The van der Waals surface area contributed by atoms with Gasteiger partial charge in [0.15, 0.2) is 0 Å². The third-order valence-electron chi connectivity index (χ3n) is 5.62. The van der Waals surface area contributed by atoms with Crippen molar-refractivity contribution >= 4 is 29.4 Å². The molecule has 0 aliphatic carbocycles. The van der Waals surface area contributed by atoms with Crippen LogP contribution in [-0.4, -0.2) is 52.0 Å². The van der Waals surface area contributed by atoms with Gasteiger partial charge in [0.1, 0.15) is 0 Å². The first-order chi connectivity index (χ1) is 12.3. The van der Waals surface area contributed by atoms with E-state index in [1.54, 1.807) is 0 Å². The smallest absolute Gasteiger partial charge is 0.321 e. The van der Waals surface area contributed by atoms with E-state index in [1.807, 2.05) is 62.6 Å². The molecule has 6 heteroatoms. The van der Waals surface area contributed by atoms with Crippen LogP contribution in [0.2, 0.25) is 0 Å². The van der Waals surface area contributed by atoms with Gasteiger partial charge in [-0.25, -0.2) is 4.79 Å². The van der Waals surface area contributed by atoms with Gasteiger partial charge in [0.25, 0.3) is 0 Å². The summed E-state index contributed by atoms with van der Waals surface area (Å²) in [6.07, 6.45) is 1.69. The Hall–Kier alpha value is -1.69. The molecule has 0 aromatic heterocycles. The average molecular weight is 376 g/mol. The normalized spacial score (nSPS) is 19.3. The van der Waals surface area contributed by atoms with Gasteiger partial charge < -0.3 is 15.1 Å². The lowest BCUT2D eigenvalue weighted by Crippen LogP contribution is -2.55. The molecular weight excluding hydrogens is 346 g/mol. The van der Waals surface area contributed by atoms with Crippen molar-refractivity contribution in [2.45, 2.75) is 45.4 Å². The Morgan fingerprint density at radius 2 is 1.85 bits per heavy atom. The second-order valence-electron chi connectivity index (χ2n) is 7.60. The maximum atomic E-state index is 12.7. The first-order valence-electron chi connectivity index (χ1n) is 9.42. The zero-order chi connectivity index (χ0) is 18.9. The van der Waals surface area contributed by atoms with Crippen molar-refractivity contribution in [1.29, 1.82) is 0 Å². The Bertz CT molecular complexity index is 696. The predicted octanol–water partition coefficient (Wildman–Crippen LogP) is 3.86. The maximum Gasteiger partial charge on any atom is 0.321 e. The highest BCUT2D eigenvalue weighted by Gasteiger charge is 2.47. The van der Waals surface area contributed by atoms with Crippen LogP contribution in [0.5, 0.6) is 0 Å². The molecule has 0 unspecified atom stereocenters. The molecule has 0 radical (unpaired) electrons. The van der Waals surface area contributed by atoms with Crippen LogP contribution in [-0.2, 0) is 4.79 Å². The second kappa shape index (κ2) is 7.51. The van der Waals surface area contributed by atoms with Crippen LogP contribution in [0.25, 0.3) is 0 Å². The van der Waals surface area contributed by atoms with Crippen molar-refractivity contribution in [2.24, 2.45) is 5.92 Å². The molecule has 2 fully saturated rings. The predicted molar refractivity (Wildman–Crippen MR) is 107 cm³/mol. The molecule has 1 aromatic carbocycles. The fourth-order valence-electron chi connectivity index (χ4n) is 3.79. The van der Waals surface area contributed by atoms with E-state index in [4.69, 9.17) is 0 Å². The van der Waals surface area contributed by atoms with Gasteiger partial charge in [-0.3, -0.25) is 4.79 Å². The van der Waals surface area contributed by atoms with Crippen molar-refractivity contribution in [3.63, 3.8) is 0 Å². The average Bonchev–Trinajstić information content (AvgIpc) is 3.01. The Labute approximate surface area is 160 Å². The number of piperidine rings is 1. The lowest BCUT2D eigenvalue weighted by Gasteiger charge is -2.44. The van der Waals surface area contributed by atoms with Crippen LogP contribution in [0, 0.1) is 19.8 Å². The van der Waals surface area contributed by atoms with Gasteiger partial charge in [0, 0.05) is 37.0 Å². The molecule has 5 nitrogen and oxygen atoms in total. The molecule has 2 heterocycles. The summed E-state index contributed by atoms with van der Waals surface area (Å²) in [6, 6.07) is 5.92. The number of hydrogen-bond acceptors (Lipinski definition) is 3. The first kappa shape index (κ1) is 19.1. The zero-order valence-electron chi connectivity index (χ0n) is 16.2. The SMILES string of the molecule is Cc1cccc(NC(=O)N2CCC3(CC2)SCCN3C(=O)C(C)C)c1C. The van der Waals surface area contributed by atoms with Crippen molar-refractivity contribution < 1.29 is 9.59 Å². The summed E-state index contributed by atoms with van der Waals surface area (Å²) in [5.74, 6) is 1.26. The summed E-state index contributed by atoms with van der Waals surface area (Å²) < 4.78 is 0. The van der Waals surface area contributed by atoms with Crippen LogP contribution in [0.15, 0.2) is 18.2 Å². The second-order valence-corrected chi connectivity index (χ2v) is 9.06. The Balaban J connectivity index is 1.64. The summed E-state index contributed by atoms with van der Waals surface area (Å²) in [7, 11) is 0. The fourth-order valence-corrected chi connectivity index (χ4v) is 5.25. The van der Waals surface area contributed by atoms with Crippen molar-refractivity contribution in [1.82, 2.24) is 9.80 Å². The van der Waals surface area contributed by atoms with Crippen LogP contribution < -0.4 is 5.32 Å². The van der Waals surface area contributed by atoms with Crippen LogP contribution in [0.3, 0.4) is 0 Å². The first-order valence-corrected chi connectivity index (χ1v) is 10.4. The number of benzene rings is 1. The number of likely N-dealkylation sites (tertiary alicyclic amines) is 1. The van der Waals surface area contributed by atoms with Crippen molar-refractivity contribution in [3.8, 4) is 0 Å². The number of urea groups is 1. The summed E-state index contributed by atoms with van der Waals surface area (Å²) in [4.78, 5) is 29.1. The molecule has 26 heavy (non-hydrogen) atoms. The minimum absolute atomic E-state index is 0.0243. The number of carbonyl (C=O) groups is 2. The Morgan fingerprint density at radius 3 is 2.50 bits per heavy atom. The molecule has 2 saturated heterocycles. The van der Waals surface area contributed by atoms with E-state index in [1.165, 1.54) is 5.56 Å². The highest BCUT2D eigenvalue weighted by Crippen LogP contribution is 2.44. The summed E-state index contributed by atoms with van der Waals surface area (Å²) in [5, 5.41) is 3.05. The summed E-state index contributed by atoms with van der Waals surface area (Å²) in [6.45, 7) is 10.2. The van der Waals surface area contributed by atoms with E-state index in [9.17, 15) is 9.59 Å². The molecule has 1 spiro atoms. The van der Waals surface area contributed by atoms with Crippen molar-refractivity contribution in [2.75, 3.05) is 30.7 Å². The molecule has 2 aliphatic heterocycles. The molecule has 3 rings (SSSR count). The monoisotopic (exact) mass is 375 g/mol. The molecule has 142 valence electrons. The quantitative estimate of drug-likeness (QED) is 0.854. The van der Waals surface area contributed by atoms with Gasteiger partial charge in [-0.15, -0.1) is 11.8 Å². The molecule has 1 N–H and O–H groups in total. The third kappa shape index (κ3) is 3.56. The standard InChI is InChI=1S/C20H29N3O2S/c1-14(2)18(24)23-12-13-26-20(23)8-10-22(11-9-20)19(25)21-17-7-5-6-15(3)16(17)4/h5-7,14H,8-13H2,1-4H3,(H,21,25). The fraction of sp³-hybridized carbons (Fsp3) is 0.600. The van der Waals surface area contributed by atoms with Crippen LogP contribution >= 0.6 is 11.8 Å². The Morgan fingerprint density at radius 1 is 1.15 bits per heavy atom. The lowest BCUT2D eigenvalue weighted by atomic mass is 10.0. The van der Waals surface area contributed by atoms with Gasteiger partial charge in [0.2, 0.25) is 5.91 Å². The van der Waals surface area contributed by atoms with Gasteiger partial charge in [0.05, 0.1) is 4.87 Å². The lowest BCUT2D eigenvalue weighted by molar-refractivity contribution is -0.137. The zero-order valence-corrected chi connectivity index (χ0v) is 17.0. The molecule has 0 saturated carbocycles. The molecular formula is C20H29N3O2S. The largest absolute Gasteiger partial charge is 0.327 e. The molecule has 3 amide bonds. The van der Waals surface area contributed by atoms with Crippen LogP contribution in [0.1, 0.15) is 37.8 Å². The molecule has 2 aliphatic rings. The number of carbonyl (C=O) groups excluding carboxylic acids is 2. The third-order valence-corrected chi connectivity index (χ3v) is 7.17. The topological polar surface area (TPSA) is 52.7 Å². The van der Waals surface area contributed by atoms with E-state index in [0.717, 1.165) is 36.4 Å². The van der Waals surface area contributed by atoms with Gasteiger partial charge in [-0.2, -0.15) is 0 Å². The summed E-state index contributed by atoms with van der Waals surface area (Å²) in [5.41, 5.74) is 3.15. The van der Waals surface area contributed by atoms with E-state index >= 15 is 0 Å². The number of amides is 3. The number of thioether (sulfide) groups is 1. The van der Waals surface area contributed by atoms with E-state index in [2.05, 4.69) is 10.2 Å². The number of anilines is 1. The van der Waals surface area contributed by atoms with Crippen LogP contribution in [0.4, 0.5) is 10.5 Å². The van der Waals surface area contributed by atoms with Gasteiger partial charge >= 0.3 is 6.03 Å². The highest BCUT2D eigenvalue weighted by molar-refractivity contribution is 8.00. The van der Waals surface area contributed by atoms with Gasteiger partial charge in [-0.1, -0.05) is 26.0 Å². The van der Waals surface area contributed by atoms with Gasteiger partial charge in [-0.05, 0) is 43.9 Å². The number of nitrogens with zero attached hydrogens (tertiary/aromatic N) is 2. The Kier molecular flexibility index (Phi) is 5.51. The minimum Gasteiger partial charge on any atom is -0.327 e. The molecule has 1 aromatic rings. The highest BCUT2D eigenvalue weighted by atomic mass is 32.2. The van der Waals surface area contributed by atoms with E-state index < -0.39 is 0 Å². The minimum atomic E-state index is -0.114. The summed E-state index contributed by atoms with van der Waals surface area (Å²) >= 11 is 1.89. The maximum absolute atomic E-state index is 12.7. The molecule has 0 bridgehead atoms.